The molecule has 8 nitrogen and oxygen atoms in total. The van der Waals surface area contributed by atoms with E-state index in [2.05, 4.69) is 15.1 Å². The van der Waals surface area contributed by atoms with Crippen molar-refractivity contribution in [2.75, 3.05) is 49.7 Å². The van der Waals surface area contributed by atoms with Crippen LogP contribution >= 0.6 is 11.6 Å². The lowest BCUT2D eigenvalue weighted by atomic mass is 9.83. The van der Waals surface area contributed by atoms with Crippen molar-refractivity contribution >= 4 is 34.6 Å². The van der Waals surface area contributed by atoms with Crippen LogP contribution in [0.4, 0.5) is 17.1 Å². The van der Waals surface area contributed by atoms with Gasteiger partial charge >= 0.3 is 0 Å². The second-order valence-corrected chi connectivity index (χ2v) is 8.58. The Morgan fingerprint density at radius 2 is 2.06 bits per heavy atom. The molecule has 32 heavy (non-hydrogen) atoms. The Morgan fingerprint density at radius 3 is 2.81 bits per heavy atom. The number of carbonyl (C=O) groups excluding carboxylic acids is 1. The minimum Gasteiger partial charge on any atom is -0.385 e. The number of non-ortho nitro benzene ring substituents is 1. The Kier molecular flexibility index (Phi) is 6.81. The molecule has 1 saturated heterocycles. The summed E-state index contributed by atoms with van der Waals surface area (Å²) in [6.07, 6.45) is 1.20. The number of nitrogens with zero attached hydrogens (tertiary/aromatic N) is 3. The molecule has 2 aliphatic rings. The average Bonchev–Trinajstić information content (AvgIpc) is 2.80. The summed E-state index contributed by atoms with van der Waals surface area (Å²) in [5.41, 5.74) is 2.83. The van der Waals surface area contributed by atoms with Crippen LogP contribution in [-0.4, -0.2) is 56.8 Å². The number of nitro groups is 1. The Labute approximate surface area is 192 Å². The van der Waals surface area contributed by atoms with E-state index in [0.717, 1.165) is 29.9 Å². The number of methoxy groups -OCH3 is 1. The summed E-state index contributed by atoms with van der Waals surface area (Å²) in [7, 11) is 1.63. The minimum absolute atomic E-state index is 0.0331. The number of halogens is 1. The number of carbonyl (C=O) groups is 1. The monoisotopic (exact) mass is 458 g/mol. The molecule has 0 unspecified atom stereocenters. The Morgan fingerprint density at radius 1 is 1.25 bits per heavy atom. The molecule has 0 spiro atoms. The van der Waals surface area contributed by atoms with Gasteiger partial charge in [0, 0.05) is 57.7 Å². The van der Waals surface area contributed by atoms with Gasteiger partial charge in [0.25, 0.3) is 5.69 Å². The number of nitro benzene ring substituents is 1. The van der Waals surface area contributed by atoms with Crippen LogP contribution in [-0.2, 0) is 16.0 Å². The fraction of sp³-hybridized carbons (Fsp3) is 0.435. The quantitative estimate of drug-likeness (QED) is 0.389. The van der Waals surface area contributed by atoms with Crippen LogP contribution in [0, 0.1) is 16.0 Å². The molecule has 0 aromatic heterocycles. The van der Waals surface area contributed by atoms with Crippen molar-refractivity contribution in [2.45, 2.75) is 18.9 Å². The van der Waals surface area contributed by atoms with Crippen molar-refractivity contribution in [2.24, 2.45) is 5.92 Å². The molecule has 0 saturated carbocycles. The van der Waals surface area contributed by atoms with Crippen LogP contribution in [0.2, 0.25) is 5.02 Å². The third-order valence-corrected chi connectivity index (χ3v) is 6.58. The molecule has 0 bridgehead atoms. The number of hydrogen-bond donors (Lipinski definition) is 1. The summed E-state index contributed by atoms with van der Waals surface area (Å²) in [6, 6.07) is 12.6. The number of ether oxygens (including phenoxy) is 1. The first kappa shape index (κ1) is 22.4. The highest BCUT2D eigenvalue weighted by Gasteiger charge is 2.42. The summed E-state index contributed by atoms with van der Waals surface area (Å²) in [5.74, 6) is -0.355. The van der Waals surface area contributed by atoms with Gasteiger partial charge in [-0.15, -0.1) is 0 Å². The number of nitrogens with one attached hydrogen (secondary N) is 1. The number of amides is 1. The minimum atomic E-state index is -0.387. The number of hydrogen-bond acceptors (Lipinski definition) is 6. The zero-order valence-corrected chi connectivity index (χ0v) is 18.8. The van der Waals surface area contributed by atoms with Gasteiger partial charge in [0.15, 0.2) is 0 Å². The summed E-state index contributed by atoms with van der Waals surface area (Å²) >= 11 is 6.45. The predicted molar refractivity (Wildman–Crippen MR) is 125 cm³/mol. The van der Waals surface area contributed by atoms with Gasteiger partial charge in [-0.1, -0.05) is 23.7 Å². The number of rotatable bonds is 7. The van der Waals surface area contributed by atoms with Gasteiger partial charge in [-0.05, 0) is 36.6 Å². The van der Waals surface area contributed by atoms with E-state index in [-0.39, 0.29) is 28.5 Å². The molecular weight excluding hydrogens is 432 g/mol. The molecular formula is C23H27ClN4O4. The van der Waals surface area contributed by atoms with Crippen LogP contribution in [0.25, 0.3) is 0 Å². The molecule has 1 N–H and O–H groups in total. The average molecular weight is 459 g/mol. The summed E-state index contributed by atoms with van der Waals surface area (Å²) in [4.78, 5) is 28.6. The molecule has 9 heteroatoms. The van der Waals surface area contributed by atoms with Crippen LogP contribution in [0.15, 0.2) is 42.5 Å². The third-order valence-electron chi connectivity index (χ3n) is 6.26. The second kappa shape index (κ2) is 9.75. The predicted octanol–water partition coefficient (Wildman–Crippen LogP) is 3.27. The van der Waals surface area contributed by atoms with Crippen molar-refractivity contribution in [3.63, 3.8) is 0 Å². The van der Waals surface area contributed by atoms with Gasteiger partial charge < -0.3 is 19.9 Å². The van der Waals surface area contributed by atoms with Crippen LogP contribution in [0.1, 0.15) is 12.0 Å². The first-order valence-electron chi connectivity index (χ1n) is 10.8. The molecule has 170 valence electrons. The fourth-order valence-electron chi connectivity index (χ4n) is 4.71. The Hall–Kier alpha value is -2.84. The Bertz CT molecular complexity index is 1000. The lowest BCUT2D eigenvalue weighted by Crippen LogP contribution is -2.61. The normalized spacial score (nSPS) is 19.8. The molecule has 0 aliphatic carbocycles. The van der Waals surface area contributed by atoms with Crippen molar-refractivity contribution < 1.29 is 14.5 Å². The van der Waals surface area contributed by atoms with E-state index in [1.165, 1.54) is 0 Å². The SMILES string of the molecule is COCCCNC(=O)[C@@H]1Cc2cc([N+](=O)[O-])ccc2N2CCN(c3ccccc3Cl)C[C@H]12. The van der Waals surface area contributed by atoms with Crippen molar-refractivity contribution in [3.8, 4) is 0 Å². The van der Waals surface area contributed by atoms with Crippen LogP contribution < -0.4 is 15.1 Å². The molecule has 2 aliphatic heterocycles. The smallest absolute Gasteiger partial charge is 0.269 e. The molecule has 2 heterocycles. The first-order valence-corrected chi connectivity index (χ1v) is 11.2. The number of para-hydroxylation sites is 1. The maximum atomic E-state index is 13.2. The Balaban J connectivity index is 1.62. The standard InChI is InChI=1S/C23H27ClN4O4/c1-32-12-4-9-25-23(29)18-14-16-13-17(28(30)31)7-8-20(16)27-11-10-26(15-22(18)27)21-6-3-2-5-19(21)24/h2-3,5-8,13,18,22H,4,9-12,14-15H2,1H3,(H,25,29)/t18-,22-/m1/s1. The second-order valence-electron chi connectivity index (χ2n) is 8.18. The molecule has 1 fully saturated rings. The summed E-state index contributed by atoms with van der Waals surface area (Å²) in [6.45, 7) is 3.21. The number of piperazine rings is 1. The van der Waals surface area contributed by atoms with Gasteiger partial charge in [0.05, 0.1) is 27.6 Å². The van der Waals surface area contributed by atoms with E-state index < -0.39 is 0 Å². The molecule has 1 amide bonds. The number of benzene rings is 2. The molecule has 2 aromatic carbocycles. The molecule has 2 aromatic rings. The van der Waals surface area contributed by atoms with Crippen LogP contribution in [0.3, 0.4) is 0 Å². The van der Waals surface area contributed by atoms with E-state index in [9.17, 15) is 14.9 Å². The van der Waals surface area contributed by atoms with Gasteiger partial charge in [-0.3, -0.25) is 14.9 Å². The fourth-order valence-corrected chi connectivity index (χ4v) is 4.96. The maximum absolute atomic E-state index is 13.2. The van der Waals surface area contributed by atoms with E-state index in [1.807, 2.05) is 30.3 Å². The van der Waals surface area contributed by atoms with Crippen molar-refractivity contribution in [1.29, 1.82) is 0 Å². The van der Waals surface area contributed by atoms with E-state index in [0.29, 0.717) is 37.7 Å². The highest BCUT2D eigenvalue weighted by atomic mass is 35.5. The topological polar surface area (TPSA) is 87.9 Å². The summed E-state index contributed by atoms with van der Waals surface area (Å²) < 4.78 is 5.07. The number of fused-ring (bicyclic) bond motifs is 3. The highest BCUT2D eigenvalue weighted by Crippen LogP contribution is 2.39. The third kappa shape index (κ3) is 4.52. The van der Waals surface area contributed by atoms with Gasteiger partial charge in [0.1, 0.15) is 0 Å². The molecule has 4 rings (SSSR count). The van der Waals surface area contributed by atoms with E-state index in [4.69, 9.17) is 16.3 Å². The van der Waals surface area contributed by atoms with Crippen LogP contribution in [0.5, 0.6) is 0 Å². The van der Waals surface area contributed by atoms with E-state index in [1.54, 1.807) is 19.2 Å². The van der Waals surface area contributed by atoms with Gasteiger partial charge in [0.2, 0.25) is 5.91 Å². The lowest BCUT2D eigenvalue weighted by molar-refractivity contribution is -0.384. The number of anilines is 2. The van der Waals surface area contributed by atoms with Gasteiger partial charge in [-0.2, -0.15) is 0 Å². The first-order chi connectivity index (χ1) is 15.5. The lowest BCUT2D eigenvalue weighted by Gasteiger charge is -2.49. The maximum Gasteiger partial charge on any atom is 0.269 e. The van der Waals surface area contributed by atoms with Crippen molar-refractivity contribution in [3.05, 3.63) is 63.2 Å². The summed E-state index contributed by atoms with van der Waals surface area (Å²) in [5, 5.41) is 15.0. The van der Waals surface area contributed by atoms with Crippen molar-refractivity contribution in [1.82, 2.24) is 5.32 Å². The molecule has 2 atom stereocenters. The zero-order valence-electron chi connectivity index (χ0n) is 18.0. The highest BCUT2D eigenvalue weighted by molar-refractivity contribution is 6.33. The van der Waals surface area contributed by atoms with E-state index >= 15 is 0 Å². The van der Waals surface area contributed by atoms with Gasteiger partial charge in [-0.25, -0.2) is 0 Å². The zero-order chi connectivity index (χ0) is 22.7. The molecule has 0 radical (unpaired) electrons. The largest absolute Gasteiger partial charge is 0.385 e.